The van der Waals surface area contributed by atoms with Crippen molar-refractivity contribution in [3.05, 3.63) is 64.7 Å². The van der Waals surface area contributed by atoms with Crippen LogP contribution < -0.4 is 11.1 Å². The molecule has 19 heavy (non-hydrogen) atoms. The van der Waals surface area contributed by atoms with Crippen LogP contribution in [0.4, 0.5) is 5.69 Å². The number of hydrogen-bond acceptors (Lipinski definition) is 3. The number of anilines is 1. The molecule has 2 aromatic carbocycles. The molecule has 0 spiro atoms. The van der Waals surface area contributed by atoms with Gasteiger partial charge in [-0.05, 0) is 23.8 Å². The van der Waals surface area contributed by atoms with Crippen LogP contribution in [0, 0.1) is 11.3 Å². The Hall–Kier alpha value is -2.02. The molecular formula is C15H14ClN3. The van der Waals surface area contributed by atoms with Crippen molar-refractivity contribution in [3.8, 4) is 6.07 Å². The van der Waals surface area contributed by atoms with Crippen molar-refractivity contribution < 1.29 is 0 Å². The third-order valence-electron chi connectivity index (χ3n) is 2.84. The van der Waals surface area contributed by atoms with Crippen molar-refractivity contribution >= 4 is 17.3 Å². The van der Waals surface area contributed by atoms with E-state index in [1.165, 1.54) is 0 Å². The van der Waals surface area contributed by atoms with Gasteiger partial charge < -0.3 is 11.1 Å². The molecule has 0 radical (unpaired) electrons. The van der Waals surface area contributed by atoms with E-state index in [-0.39, 0.29) is 6.04 Å². The van der Waals surface area contributed by atoms with Gasteiger partial charge in [0.25, 0.3) is 0 Å². The molecule has 3 nitrogen and oxygen atoms in total. The van der Waals surface area contributed by atoms with Crippen molar-refractivity contribution in [3.63, 3.8) is 0 Å². The highest BCUT2D eigenvalue weighted by molar-refractivity contribution is 6.32. The highest BCUT2D eigenvalue weighted by Gasteiger charge is 2.06. The van der Waals surface area contributed by atoms with E-state index in [4.69, 9.17) is 22.6 Å². The summed E-state index contributed by atoms with van der Waals surface area (Å²) in [5.74, 6) is 0. The molecule has 3 N–H and O–H groups in total. The summed E-state index contributed by atoms with van der Waals surface area (Å²) in [4.78, 5) is 0. The molecule has 0 aromatic heterocycles. The minimum Gasteiger partial charge on any atom is -0.383 e. The molecular weight excluding hydrogens is 258 g/mol. The molecule has 0 aliphatic carbocycles. The molecule has 0 heterocycles. The second-order valence-electron chi connectivity index (χ2n) is 4.20. The van der Waals surface area contributed by atoms with E-state index in [1.807, 2.05) is 42.5 Å². The summed E-state index contributed by atoms with van der Waals surface area (Å²) in [5, 5.41) is 12.5. The quantitative estimate of drug-likeness (QED) is 0.897. The Morgan fingerprint density at radius 3 is 2.58 bits per heavy atom. The minimum atomic E-state index is -0.0874. The number of nitriles is 1. The van der Waals surface area contributed by atoms with E-state index in [1.54, 1.807) is 12.1 Å². The third-order valence-corrected chi connectivity index (χ3v) is 3.16. The lowest BCUT2D eigenvalue weighted by atomic mass is 10.1. The zero-order valence-electron chi connectivity index (χ0n) is 10.3. The zero-order chi connectivity index (χ0) is 13.7. The molecule has 1 atom stereocenters. The van der Waals surface area contributed by atoms with Crippen LogP contribution in [0.5, 0.6) is 0 Å². The molecule has 1 unspecified atom stereocenters. The third kappa shape index (κ3) is 3.47. The number of benzene rings is 2. The fraction of sp³-hybridized carbons (Fsp3) is 0.133. The number of nitrogens with one attached hydrogen (secondary N) is 1. The first-order chi connectivity index (χ1) is 9.20. The van der Waals surface area contributed by atoms with Gasteiger partial charge in [-0.25, -0.2) is 0 Å². The Morgan fingerprint density at radius 2 is 1.95 bits per heavy atom. The molecule has 0 aliphatic heterocycles. The van der Waals surface area contributed by atoms with Gasteiger partial charge in [0.05, 0.1) is 10.6 Å². The lowest BCUT2D eigenvalue weighted by Gasteiger charge is -2.14. The van der Waals surface area contributed by atoms with E-state index < -0.39 is 0 Å². The summed E-state index contributed by atoms with van der Waals surface area (Å²) in [6.45, 7) is 0.603. The molecule has 96 valence electrons. The van der Waals surface area contributed by atoms with Crippen LogP contribution >= 0.6 is 11.6 Å². The molecule has 0 aliphatic rings. The SMILES string of the molecule is N#Cc1ccc(NCC(N)c2ccccc2)cc1Cl. The first kappa shape index (κ1) is 13.4. The highest BCUT2D eigenvalue weighted by atomic mass is 35.5. The van der Waals surface area contributed by atoms with Crippen LogP contribution in [0.3, 0.4) is 0 Å². The van der Waals surface area contributed by atoms with Gasteiger partial charge in [-0.15, -0.1) is 0 Å². The van der Waals surface area contributed by atoms with Crippen LogP contribution in [0.15, 0.2) is 48.5 Å². The summed E-state index contributed by atoms with van der Waals surface area (Å²) < 4.78 is 0. The van der Waals surface area contributed by atoms with Crippen molar-refractivity contribution in [2.24, 2.45) is 5.73 Å². The van der Waals surface area contributed by atoms with Gasteiger partial charge in [-0.3, -0.25) is 0 Å². The Balaban J connectivity index is 2.00. The molecule has 4 heteroatoms. The number of nitrogens with zero attached hydrogens (tertiary/aromatic N) is 1. The first-order valence-corrected chi connectivity index (χ1v) is 6.32. The normalized spacial score (nSPS) is 11.6. The average Bonchev–Trinajstić information content (AvgIpc) is 2.46. The summed E-state index contributed by atoms with van der Waals surface area (Å²) in [7, 11) is 0. The van der Waals surface area contributed by atoms with Gasteiger partial charge in [-0.1, -0.05) is 41.9 Å². The monoisotopic (exact) mass is 271 g/mol. The van der Waals surface area contributed by atoms with Crippen LogP contribution in [-0.4, -0.2) is 6.54 Å². The van der Waals surface area contributed by atoms with Crippen LogP contribution in [0.25, 0.3) is 0 Å². The largest absolute Gasteiger partial charge is 0.383 e. The zero-order valence-corrected chi connectivity index (χ0v) is 11.1. The lowest BCUT2D eigenvalue weighted by molar-refractivity contribution is 0.764. The molecule has 2 rings (SSSR count). The molecule has 0 amide bonds. The van der Waals surface area contributed by atoms with Crippen molar-refractivity contribution in [2.75, 3.05) is 11.9 Å². The number of rotatable bonds is 4. The van der Waals surface area contributed by atoms with Gasteiger partial charge in [0.2, 0.25) is 0 Å². The standard InChI is InChI=1S/C15H14ClN3/c16-14-8-13(7-6-12(14)9-17)19-10-15(18)11-4-2-1-3-5-11/h1-8,15,19H,10,18H2. The summed E-state index contributed by atoms with van der Waals surface area (Å²) in [6.07, 6.45) is 0. The van der Waals surface area contributed by atoms with Crippen molar-refractivity contribution in [1.29, 1.82) is 5.26 Å². The Kier molecular flexibility index (Phi) is 4.40. The van der Waals surface area contributed by atoms with E-state index in [2.05, 4.69) is 5.32 Å². The van der Waals surface area contributed by atoms with Crippen molar-refractivity contribution in [2.45, 2.75) is 6.04 Å². The summed E-state index contributed by atoms with van der Waals surface area (Å²) in [5.41, 5.74) is 8.50. The number of nitrogens with two attached hydrogens (primary N) is 1. The fourth-order valence-electron chi connectivity index (χ4n) is 1.76. The van der Waals surface area contributed by atoms with Gasteiger partial charge in [-0.2, -0.15) is 5.26 Å². The predicted molar refractivity (Wildman–Crippen MR) is 78.0 cm³/mol. The van der Waals surface area contributed by atoms with E-state index in [0.717, 1.165) is 11.3 Å². The van der Waals surface area contributed by atoms with Crippen LogP contribution in [-0.2, 0) is 0 Å². The molecule has 0 bridgehead atoms. The molecule has 2 aromatic rings. The highest BCUT2D eigenvalue weighted by Crippen LogP contribution is 2.20. The van der Waals surface area contributed by atoms with Crippen molar-refractivity contribution in [1.82, 2.24) is 0 Å². The second kappa shape index (κ2) is 6.24. The predicted octanol–water partition coefficient (Wildman–Crippen LogP) is 3.32. The summed E-state index contributed by atoms with van der Waals surface area (Å²) in [6, 6.07) is 17.1. The maximum Gasteiger partial charge on any atom is 0.101 e. The molecule has 0 saturated carbocycles. The number of halogens is 1. The van der Waals surface area contributed by atoms with Gasteiger partial charge in [0.15, 0.2) is 0 Å². The van der Waals surface area contributed by atoms with E-state index in [9.17, 15) is 0 Å². The molecule has 0 saturated heterocycles. The van der Waals surface area contributed by atoms with Gasteiger partial charge in [0, 0.05) is 18.3 Å². The van der Waals surface area contributed by atoms with E-state index in [0.29, 0.717) is 17.1 Å². The van der Waals surface area contributed by atoms with Crippen LogP contribution in [0.2, 0.25) is 5.02 Å². The Bertz CT molecular complexity index is 590. The summed E-state index contributed by atoms with van der Waals surface area (Å²) >= 11 is 5.97. The maximum atomic E-state index is 8.80. The van der Waals surface area contributed by atoms with Crippen LogP contribution in [0.1, 0.15) is 17.2 Å². The maximum absolute atomic E-state index is 8.80. The smallest absolute Gasteiger partial charge is 0.101 e. The van der Waals surface area contributed by atoms with Gasteiger partial charge in [0.1, 0.15) is 6.07 Å². The Morgan fingerprint density at radius 1 is 1.21 bits per heavy atom. The van der Waals surface area contributed by atoms with Gasteiger partial charge >= 0.3 is 0 Å². The topological polar surface area (TPSA) is 61.8 Å². The van der Waals surface area contributed by atoms with E-state index >= 15 is 0 Å². The minimum absolute atomic E-state index is 0.0874. The molecule has 0 fully saturated rings. The fourth-order valence-corrected chi connectivity index (χ4v) is 1.98. The lowest BCUT2D eigenvalue weighted by Crippen LogP contribution is -2.20. The number of hydrogen-bond donors (Lipinski definition) is 2. The second-order valence-corrected chi connectivity index (χ2v) is 4.61. The average molecular weight is 272 g/mol. The first-order valence-electron chi connectivity index (χ1n) is 5.95. The Labute approximate surface area is 117 Å².